The van der Waals surface area contributed by atoms with Crippen molar-refractivity contribution >= 4 is 17.7 Å². The van der Waals surface area contributed by atoms with Gasteiger partial charge in [0.25, 0.3) is 0 Å². The predicted octanol–water partition coefficient (Wildman–Crippen LogP) is 6.48. The minimum Gasteiger partial charge on any atom is -0.488 e. The number of aliphatic carboxylic acids is 1. The van der Waals surface area contributed by atoms with Gasteiger partial charge in [0.2, 0.25) is 5.91 Å². The molecule has 1 amide bonds. The molecule has 8 nitrogen and oxygen atoms in total. The number of allylic oxidation sites excluding steroid dienone is 6. The van der Waals surface area contributed by atoms with E-state index in [-0.39, 0.29) is 12.3 Å². The standard InChI is InChI=1S/C25H42N2O3.C7H8N2O/c1-20(2)23(15-16-24-12-10-17-26-21(24)3)13-11-19-27(22(4)28)18-9-7-5-6-8-14-25(29)30;1-2-6-7(8-3-1)9-4-5-10-6/h15-16,26H,5-14,17-19H2,1-4H3,(H,29,30);1-3H,4-5H2,(H,8,9)/b16-15-;. The molecule has 0 atom stereocenters. The van der Waals surface area contributed by atoms with Crippen molar-refractivity contribution in [3.8, 4) is 5.75 Å². The Bertz CT molecular complexity index is 1000. The molecule has 8 heteroatoms. The van der Waals surface area contributed by atoms with E-state index < -0.39 is 5.97 Å². The van der Waals surface area contributed by atoms with E-state index in [1.165, 1.54) is 28.8 Å². The number of pyridine rings is 1. The van der Waals surface area contributed by atoms with Crippen molar-refractivity contribution in [2.75, 3.05) is 38.1 Å². The zero-order valence-electron chi connectivity index (χ0n) is 25.1. The second kappa shape index (κ2) is 18.9. The van der Waals surface area contributed by atoms with Gasteiger partial charge in [0.15, 0.2) is 11.6 Å². The largest absolute Gasteiger partial charge is 0.488 e. The van der Waals surface area contributed by atoms with Crippen molar-refractivity contribution in [3.63, 3.8) is 0 Å². The Kier molecular flexibility index (Phi) is 15.6. The number of nitrogens with one attached hydrogen (secondary N) is 2. The highest BCUT2D eigenvalue weighted by Crippen LogP contribution is 2.23. The first-order valence-corrected chi connectivity index (χ1v) is 14.8. The number of carboxylic acids is 1. The lowest BCUT2D eigenvalue weighted by molar-refractivity contribution is -0.137. The van der Waals surface area contributed by atoms with Crippen LogP contribution in [0.4, 0.5) is 5.82 Å². The highest BCUT2D eigenvalue weighted by molar-refractivity contribution is 5.73. The van der Waals surface area contributed by atoms with Crippen LogP contribution in [0.1, 0.15) is 91.9 Å². The summed E-state index contributed by atoms with van der Waals surface area (Å²) in [5.41, 5.74) is 5.39. The normalized spacial score (nSPS) is 14.2. The highest BCUT2D eigenvalue weighted by atomic mass is 16.5. The molecule has 3 rings (SSSR count). The molecule has 0 aromatic carbocycles. The van der Waals surface area contributed by atoms with Crippen molar-refractivity contribution < 1.29 is 19.4 Å². The lowest BCUT2D eigenvalue weighted by Gasteiger charge is -2.21. The van der Waals surface area contributed by atoms with Gasteiger partial charge < -0.3 is 25.4 Å². The zero-order valence-corrected chi connectivity index (χ0v) is 25.1. The molecule has 0 bridgehead atoms. The second-order valence-electron chi connectivity index (χ2n) is 10.7. The van der Waals surface area contributed by atoms with Gasteiger partial charge in [-0.15, -0.1) is 0 Å². The van der Waals surface area contributed by atoms with Gasteiger partial charge in [-0.3, -0.25) is 9.59 Å². The Morgan fingerprint density at radius 2 is 1.77 bits per heavy atom. The molecule has 3 heterocycles. The fourth-order valence-corrected chi connectivity index (χ4v) is 4.73. The van der Waals surface area contributed by atoms with Crippen LogP contribution in [0.15, 0.2) is 52.9 Å². The van der Waals surface area contributed by atoms with E-state index >= 15 is 0 Å². The van der Waals surface area contributed by atoms with Gasteiger partial charge in [-0.1, -0.05) is 37.0 Å². The summed E-state index contributed by atoms with van der Waals surface area (Å²) in [5, 5.41) is 15.2. The molecular formula is C32H50N4O4. The smallest absolute Gasteiger partial charge is 0.303 e. The molecule has 0 spiro atoms. The van der Waals surface area contributed by atoms with E-state index in [1.807, 2.05) is 17.0 Å². The maximum Gasteiger partial charge on any atom is 0.303 e. The van der Waals surface area contributed by atoms with Crippen molar-refractivity contribution in [2.45, 2.75) is 91.9 Å². The van der Waals surface area contributed by atoms with E-state index in [1.54, 1.807) is 13.1 Å². The molecule has 1 aromatic rings. The lowest BCUT2D eigenvalue weighted by Crippen LogP contribution is -2.30. The first-order chi connectivity index (χ1) is 19.3. The van der Waals surface area contributed by atoms with E-state index in [4.69, 9.17) is 9.84 Å². The zero-order chi connectivity index (χ0) is 29.2. The van der Waals surface area contributed by atoms with E-state index in [0.717, 1.165) is 95.7 Å². The fourth-order valence-electron chi connectivity index (χ4n) is 4.73. The number of carbonyl (C=O) groups excluding carboxylic acids is 1. The second-order valence-corrected chi connectivity index (χ2v) is 10.7. The van der Waals surface area contributed by atoms with Gasteiger partial charge in [-0.25, -0.2) is 4.98 Å². The molecule has 2 aliphatic heterocycles. The third-order valence-electron chi connectivity index (χ3n) is 7.18. The number of anilines is 1. The van der Waals surface area contributed by atoms with Crippen molar-refractivity contribution in [1.29, 1.82) is 0 Å². The van der Waals surface area contributed by atoms with Crippen molar-refractivity contribution in [2.24, 2.45) is 0 Å². The maximum atomic E-state index is 12.0. The summed E-state index contributed by atoms with van der Waals surface area (Å²) < 4.78 is 5.30. The summed E-state index contributed by atoms with van der Waals surface area (Å²) in [4.78, 5) is 28.5. The minimum atomic E-state index is -0.717. The SMILES string of the molecule is CC(=O)N(CCCCCCCC(=O)O)CCCC(/C=C\C1=C(C)NCCC1)=C(C)C.c1cnc2c(c1)OCCN2. The molecule has 1 aromatic heterocycles. The van der Waals surface area contributed by atoms with Crippen molar-refractivity contribution in [3.05, 3.63) is 52.9 Å². The quantitative estimate of drug-likeness (QED) is 0.179. The number of nitrogens with zero attached hydrogens (tertiary/aromatic N) is 2. The summed E-state index contributed by atoms with van der Waals surface area (Å²) in [7, 11) is 0. The molecule has 2 aliphatic rings. The Morgan fingerprint density at radius 1 is 1.02 bits per heavy atom. The lowest BCUT2D eigenvalue weighted by atomic mass is 9.99. The summed E-state index contributed by atoms with van der Waals surface area (Å²) in [6.07, 6.45) is 15.6. The predicted molar refractivity (Wildman–Crippen MR) is 162 cm³/mol. The van der Waals surface area contributed by atoms with Crippen molar-refractivity contribution in [1.82, 2.24) is 15.2 Å². The third-order valence-corrected chi connectivity index (χ3v) is 7.18. The number of rotatable bonds is 14. The van der Waals surface area contributed by atoms with E-state index in [0.29, 0.717) is 0 Å². The van der Waals surface area contributed by atoms with Gasteiger partial charge in [0, 0.05) is 44.9 Å². The van der Waals surface area contributed by atoms with Crippen LogP contribution in [0.3, 0.4) is 0 Å². The van der Waals surface area contributed by atoms with E-state index in [2.05, 4.69) is 48.5 Å². The molecule has 222 valence electrons. The molecule has 3 N–H and O–H groups in total. The van der Waals surface area contributed by atoms with Gasteiger partial charge >= 0.3 is 5.97 Å². The molecule has 0 radical (unpaired) electrons. The number of hydrogen-bond acceptors (Lipinski definition) is 6. The molecule has 0 unspecified atom stereocenters. The van der Waals surface area contributed by atoms with Gasteiger partial charge in [0.1, 0.15) is 6.61 Å². The van der Waals surface area contributed by atoms with Gasteiger partial charge in [-0.05, 0) is 82.6 Å². The molecular weight excluding hydrogens is 504 g/mol. The molecule has 0 saturated heterocycles. The average molecular weight is 555 g/mol. The summed E-state index contributed by atoms with van der Waals surface area (Å²) in [5.74, 6) is 1.14. The maximum absolute atomic E-state index is 12.0. The Labute approximate surface area is 241 Å². The minimum absolute atomic E-state index is 0.143. The van der Waals surface area contributed by atoms with E-state index in [9.17, 15) is 9.59 Å². The number of aromatic nitrogens is 1. The number of ether oxygens (including phenoxy) is 1. The topological polar surface area (TPSA) is 104 Å². The van der Waals surface area contributed by atoms with Crippen LogP contribution in [-0.4, -0.2) is 59.7 Å². The molecule has 40 heavy (non-hydrogen) atoms. The van der Waals surface area contributed by atoms with Crippen LogP contribution < -0.4 is 15.4 Å². The summed E-state index contributed by atoms with van der Waals surface area (Å²) in [6.45, 7) is 12.4. The average Bonchev–Trinajstić information content (AvgIpc) is 2.94. The fraction of sp³-hybridized carbons (Fsp3) is 0.594. The summed E-state index contributed by atoms with van der Waals surface area (Å²) in [6, 6.07) is 3.78. The number of carbonyl (C=O) groups is 2. The van der Waals surface area contributed by atoms with Gasteiger partial charge in [-0.2, -0.15) is 0 Å². The van der Waals surface area contributed by atoms with Crippen LogP contribution in [0.5, 0.6) is 5.75 Å². The monoisotopic (exact) mass is 554 g/mol. The van der Waals surface area contributed by atoms with Crippen LogP contribution in [0, 0.1) is 0 Å². The van der Waals surface area contributed by atoms with Crippen LogP contribution in [-0.2, 0) is 9.59 Å². The first-order valence-electron chi connectivity index (χ1n) is 14.8. The third kappa shape index (κ3) is 13.2. The van der Waals surface area contributed by atoms with Crippen LogP contribution in [0.25, 0.3) is 0 Å². The van der Waals surface area contributed by atoms with Gasteiger partial charge in [0.05, 0.1) is 6.54 Å². The number of carboxylic acid groups (broad SMARTS) is 1. The Balaban J connectivity index is 0.000000460. The molecule has 0 saturated carbocycles. The first kappa shape index (κ1) is 32.9. The molecule has 0 aliphatic carbocycles. The number of fused-ring (bicyclic) bond motifs is 1. The molecule has 0 fully saturated rings. The van der Waals surface area contributed by atoms with Crippen LogP contribution >= 0.6 is 0 Å². The Morgan fingerprint density at radius 3 is 2.48 bits per heavy atom. The Hall–Kier alpha value is -3.29. The number of hydrogen-bond donors (Lipinski definition) is 3. The highest BCUT2D eigenvalue weighted by Gasteiger charge is 2.10. The van der Waals surface area contributed by atoms with Crippen LogP contribution in [0.2, 0.25) is 0 Å². The summed E-state index contributed by atoms with van der Waals surface area (Å²) >= 11 is 0. The number of amides is 1. The number of unbranched alkanes of at least 4 members (excludes halogenated alkanes) is 4.